The molecule has 0 aliphatic carbocycles. The van der Waals surface area contributed by atoms with Crippen LogP contribution in [0.4, 0.5) is 5.82 Å². The zero-order valence-corrected chi connectivity index (χ0v) is 20.6. The molecule has 1 aliphatic heterocycles. The molecule has 2 N–H and O–H groups in total. The van der Waals surface area contributed by atoms with Crippen LogP contribution in [-0.4, -0.2) is 33.3 Å². The predicted molar refractivity (Wildman–Crippen MR) is 134 cm³/mol. The van der Waals surface area contributed by atoms with Crippen molar-refractivity contribution in [2.45, 2.75) is 68.9 Å². The lowest BCUT2D eigenvalue weighted by Crippen LogP contribution is -2.27. The molecule has 2 heterocycles. The predicted octanol–water partition coefficient (Wildman–Crippen LogP) is 6.87. The molecular weight excluding hydrogens is 442 g/mol. The molecule has 0 fully saturated rings. The first-order valence-corrected chi connectivity index (χ1v) is 13.3. The molecule has 1 amide bonds. The van der Waals surface area contributed by atoms with Gasteiger partial charge in [0.05, 0.1) is 5.75 Å². The zero-order chi connectivity index (χ0) is 22.8. The summed E-state index contributed by atoms with van der Waals surface area (Å²) < 4.78 is 7.02. The number of unbranched alkanes of at least 4 members (excludes halogenated alkanes) is 7. The Labute approximate surface area is 199 Å². The number of hydrogen-bond donors (Lipinski definition) is 2. The normalized spacial score (nSPS) is 13.4. The fourth-order valence-electron chi connectivity index (χ4n) is 3.59. The standard InChI is InChI=1S/C24H33N3O3S2/c1-3-4-5-6-7-8-9-12-15-31-17-18-16-21(26-30-18)25-24(29)22-23(28)19-13-10-11-14-20(19)32-27(22)2/h10-11,13-14,16,28H,3-9,12,15,17H2,1-2H3,(H,25,26,29). The maximum atomic E-state index is 12.8. The highest BCUT2D eigenvalue weighted by atomic mass is 32.2. The van der Waals surface area contributed by atoms with Gasteiger partial charge in [-0.15, -0.1) is 0 Å². The smallest absolute Gasteiger partial charge is 0.277 e. The number of amides is 1. The summed E-state index contributed by atoms with van der Waals surface area (Å²) in [6.07, 6.45) is 10.6. The SMILES string of the molecule is CCCCCCCCCCSCc1cc(NC(=O)C2=C(O)c3ccccc3SN2C)no1. The van der Waals surface area contributed by atoms with E-state index in [1.54, 1.807) is 23.5 Å². The number of aromatic nitrogens is 1. The van der Waals surface area contributed by atoms with Crippen molar-refractivity contribution in [1.82, 2.24) is 9.46 Å². The number of aliphatic hydroxyl groups is 1. The minimum absolute atomic E-state index is 0.0380. The van der Waals surface area contributed by atoms with Gasteiger partial charge in [-0.1, -0.05) is 69.2 Å². The van der Waals surface area contributed by atoms with E-state index in [1.807, 2.05) is 30.0 Å². The van der Waals surface area contributed by atoms with Crippen LogP contribution in [0.1, 0.15) is 69.6 Å². The molecule has 1 aliphatic rings. The van der Waals surface area contributed by atoms with Gasteiger partial charge in [-0.3, -0.25) is 4.79 Å². The van der Waals surface area contributed by atoms with E-state index in [1.165, 1.54) is 63.3 Å². The van der Waals surface area contributed by atoms with Crippen molar-refractivity contribution in [3.05, 3.63) is 47.4 Å². The molecule has 0 unspecified atom stereocenters. The third kappa shape index (κ3) is 6.97. The summed E-state index contributed by atoms with van der Waals surface area (Å²) in [4.78, 5) is 13.7. The molecule has 1 aromatic heterocycles. The van der Waals surface area contributed by atoms with Crippen molar-refractivity contribution >= 4 is 41.2 Å². The van der Waals surface area contributed by atoms with Gasteiger partial charge in [0.25, 0.3) is 5.91 Å². The first-order valence-electron chi connectivity index (χ1n) is 11.4. The summed E-state index contributed by atoms with van der Waals surface area (Å²) in [7, 11) is 1.75. The van der Waals surface area contributed by atoms with Crippen LogP contribution in [0.25, 0.3) is 5.76 Å². The van der Waals surface area contributed by atoms with Gasteiger partial charge in [0, 0.05) is 23.6 Å². The number of likely N-dealkylation sites (N-methyl/N-ethyl adjacent to an activating group) is 1. The van der Waals surface area contributed by atoms with E-state index in [9.17, 15) is 9.90 Å². The molecule has 174 valence electrons. The summed E-state index contributed by atoms with van der Waals surface area (Å²) in [6.45, 7) is 2.25. The van der Waals surface area contributed by atoms with Gasteiger partial charge >= 0.3 is 0 Å². The van der Waals surface area contributed by atoms with E-state index in [0.717, 1.165) is 22.2 Å². The van der Waals surface area contributed by atoms with Crippen molar-refractivity contribution in [2.24, 2.45) is 0 Å². The van der Waals surface area contributed by atoms with Gasteiger partial charge in [0.15, 0.2) is 17.3 Å². The van der Waals surface area contributed by atoms with Gasteiger partial charge in [-0.25, -0.2) is 0 Å². The molecule has 3 rings (SSSR count). The highest BCUT2D eigenvalue weighted by Gasteiger charge is 2.28. The number of rotatable bonds is 13. The van der Waals surface area contributed by atoms with Crippen LogP contribution in [0.3, 0.4) is 0 Å². The number of nitrogens with zero attached hydrogens (tertiary/aromatic N) is 2. The highest BCUT2D eigenvalue weighted by molar-refractivity contribution is 7.98. The van der Waals surface area contributed by atoms with E-state index in [4.69, 9.17) is 4.52 Å². The molecule has 0 radical (unpaired) electrons. The number of nitrogens with one attached hydrogen (secondary N) is 1. The van der Waals surface area contributed by atoms with Gasteiger partial charge in [0.2, 0.25) is 0 Å². The molecule has 0 spiro atoms. The zero-order valence-electron chi connectivity index (χ0n) is 18.9. The van der Waals surface area contributed by atoms with Crippen LogP contribution in [0.2, 0.25) is 0 Å². The Balaban J connectivity index is 1.41. The van der Waals surface area contributed by atoms with E-state index in [2.05, 4.69) is 17.4 Å². The van der Waals surface area contributed by atoms with Crippen molar-refractivity contribution < 1.29 is 14.4 Å². The Morgan fingerprint density at radius 3 is 2.66 bits per heavy atom. The summed E-state index contributed by atoms with van der Waals surface area (Å²) >= 11 is 3.22. The number of carbonyl (C=O) groups excluding carboxylic acids is 1. The van der Waals surface area contributed by atoms with Crippen molar-refractivity contribution in [2.75, 3.05) is 18.1 Å². The number of carbonyl (C=O) groups is 1. The maximum absolute atomic E-state index is 12.8. The molecule has 2 aromatic rings. The Morgan fingerprint density at radius 2 is 1.88 bits per heavy atom. The third-order valence-corrected chi connectivity index (χ3v) is 7.39. The molecule has 0 saturated carbocycles. The largest absolute Gasteiger partial charge is 0.505 e. The fourth-order valence-corrected chi connectivity index (χ4v) is 5.44. The minimum atomic E-state index is -0.418. The Hall–Kier alpha value is -2.06. The lowest BCUT2D eigenvalue weighted by molar-refractivity contribution is -0.113. The summed E-state index contributed by atoms with van der Waals surface area (Å²) in [5.41, 5.74) is 0.848. The fraction of sp³-hybridized carbons (Fsp3) is 0.500. The molecule has 0 bridgehead atoms. The highest BCUT2D eigenvalue weighted by Crippen LogP contribution is 2.38. The van der Waals surface area contributed by atoms with E-state index in [-0.39, 0.29) is 11.5 Å². The Morgan fingerprint density at radius 1 is 1.16 bits per heavy atom. The summed E-state index contributed by atoms with van der Waals surface area (Å²) in [6, 6.07) is 9.21. The van der Waals surface area contributed by atoms with Crippen LogP contribution in [0, 0.1) is 0 Å². The van der Waals surface area contributed by atoms with Crippen LogP contribution in [-0.2, 0) is 10.5 Å². The molecule has 8 heteroatoms. The average Bonchev–Trinajstić information content (AvgIpc) is 3.22. The maximum Gasteiger partial charge on any atom is 0.277 e. The van der Waals surface area contributed by atoms with E-state index < -0.39 is 5.91 Å². The first kappa shape index (κ1) is 24.6. The minimum Gasteiger partial charge on any atom is -0.505 e. The second-order valence-corrected chi connectivity index (χ2v) is 10.2. The van der Waals surface area contributed by atoms with Crippen molar-refractivity contribution in [3.8, 4) is 0 Å². The number of benzene rings is 1. The van der Waals surface area contributed by atoms with E-state index >= 15 is 0 Å². The molecule has 0 saturated heterocycles. The van der Waals surface area contributed by atoms with Gasteiger partial charge < -0.3 is 19.3 Å². The lowest BCUT2D eigenvalue weighted by atomic mass is 10.1. The summed E-state index contributed by atoms with van der Waals surface area (Å²) in [5, 5.41) is 17.3. The first-order chi connectivity index (χ1) is 15.6. The Kier molecular flexibility index (Phi) is 9.87. The molecule has 6 nitrogen and oxygen atoms in total. The second kappa shape index (κ2) is 12.8. The topological polar surface area (TPSA) is 78.6 Å². The van der Waals surface area contributed by atoms with Gasteiger partial charge in [-0.05, 0) is 36.3 Å². The average molecular weight is 476 g/mol. The molecule has 1 aromatic carbocycles. The van der Waals surface area contributed by atoms with Crippen LogP contribution >= 0.6 is 23.7 Å². The summed E-state index contributed by atoms with van der Waals surface area (Å²) in [5.74, 6) is 2.47. The number of fused-ring (bicyclic) bond motifs is 1. The quantitative estimate of drug-likeness (QED) is 0.242. The number of aliphatic hydroxyl groups excluding tert-OH is 1. The van der Waals surface area contributed by atoms with Crippen molar-refractivity contribution in [3.63, 3.8) is 0 Å². The molecule has 0 atom stereocenters. The van der Waals surface area contributed by atoms with E-state index in [0.29, 0.717) is 11.4 Å². The number of thioether (sulfide) groups is 1. The monoisotopic (exact) mass is 475 g/mol. The lowest BCUT2D eigenvalue weighted by Gasteiger charge is -2.27. The van der Waals surface area contributed by atoms with Gasteiger partial charge in [-0.2, -0.15) is 11.8 Å². The molecular formula is C24H33N3O3S2. The van der Waals surface area contributed by atoms with Crippen LogP contribution in [0.15, 0.2) is 45.4 Å². The molecule has 32 heavy (non-hydrogen) atoms. The Bertz CT molecular complexity index is 913. The van der Waals surface area contributed by atoms with Gasteiger partial charge in [0.1, 0.15) is 5.76 Å². The van der Waals surface area contributed by atoms with Crippen molar-refractivity contribution in [1.29, 1.82) is 0 Å². The van der Waals surface area contributed by atoms with Crippen LogP contribution in [0.5, 0.6) is 0 Å². The second-order valence-electron chi connectivity index (χ2n) is 7.94. The number of anilines is 1. The number of hydrogen-bond acceptors (Lipinski definition) is 7. The third-order valence-electron chi connectivity index (χ3n) is 5.32. The van der Waals surface area contributed by atoms with Crippen LogP contribution < -0.4 is 5.32 Å².